The predicted molar refractivity (Wildman–Crippen MR) is 40.7 cm³/mol. The lowest BCUT2D eigenvalue weighted by molar-refractivity contribution is -0.192. The lowest BCUT2D eigenvalue weighted by atomic mass is 10.1. The smallest absolute Gasteiger partial charge is 0.403 e. The fourth-order valence-corrected chi connectivity index (χ4v) is 0.820. The SMILES string of the molecule is O=C(O)C(CNCCC(F)(F)F)C(F)(F)F. The fourth-order valence-electron chi connectivity index (χ4n) is 0.820. The van der Waals surface area contributed by atoms with Crippen LogP contribution in [-0.2, 0) is 4.79 Å². The maximum atomic E-state index is 12.0. The second-order valence-corrected chi connectivity index (χ2v) is 3.00. The number of nitrogens with one attached hydrogen (secondary N) is 1. The van der Waals surface area contributed by atoms with Crippen molar-refractivity contribution in [1.29, 1.82) is 0 Å². The summed E-state index contributed by atoms with van der Waals surface area (Å²) in [5.74, 6) is -4.81. The van der Waals surface area contributed by atoms with Gasteiger partial charge < -0.3 is 10.4 Å². The molecule has 1 atom stereocenters. The third-order valence-corrected chi connectivity index (χ3v) is 1.63. The highest BCUT2D eigenvalue weighted by Crippen LogP contribution is 2.26. The first kappa shape index (κ1) is 15.0. The van der Waals surface area contributed by atoms with Crippen LogP contribution in [0, 0.1) is 5.92 Å². The van der Waals surface area contributed by atoms with E-state index in [4.69, 9.17) is 5.11 Å². The van der Waals surface area contributed by atoms with Crippen LogP contribution in [0.5, 0.6) is 0 Å². The Hall–Kier alpha value is -0.990. The molecule has 0 aliphatic heterocycles. The van der Waals surface area contributed by atoms with Gasteiger partial charge in [0.25, 0.3) is 0 Å². The molecule has 9 heteroatoms. The number of halogens is 6. The van der Waals surface area contributed by atoms with Gasteiger partial charge in [-0.15, -0.1) is 0 Å². The van der Waals surface area contributed by atoms with Crippen LogP contribution < -0.4 is 5.32 Å². The molecular formula is C7H9F6NO2. The zero-order chi connectivity index (χ0) is 13.0. The number of rotatable bonds is 5. The molecule has 0 amide bonds. The Morgan fingerprint density at radius 2 is 1.69 bits per heavy atom. The van der Waals surface area contributed by atoms with Gasteiger partial charge in [0.2, 0.25) is 0 Å². The summed E-state index contributed by atoms with van der Waals surface area (Å²) in [5, 5.41) is 9.99. The van der Waals surface area contributed by atoms with E-state index in [9.17, 15) is 31.1 Å². The van der Waals surface area contributed by atoms with E-state index in [2.05, 4.69) is 0 Å². The van der Waals surface area contributed by atoms with Crippen molar-refractivity contribution in [3.05, 3.63) is 0 Å². The maximum Gasteiger partial charge on any atom is 0.403 e. The van der Waals surface area contributed by atoms with Crippen molar-refractivity contribution in [3.8, 4) is 0 Å². The first-order valence-electron chi connectivity index (χ1n) is 4.11. The molecule has 16 heavy (non-hydrogen) atoms. The topological polar surface area (TPSA) is 49.3 Å². The summed E-state index contributed by atoms with van der Waals surface area (Å²) in [4.78, 5) is 10.2. The van der Waals surface area contributed by atoms with Crippen LogP contribution in [0.3, 0.4) is 0 Å². The highest BCUT2D eigenvalue weighted by Gasteiger charge is 2.44. The Labute approximate surface area is 86.4 Å². The minimum absolute atomic E-state index is 0.747. The van der Waals surface area contributed by atoms with E-state index in [-0.39, 0.29) is 0 Å². The van der Waals surface area contributed by atoms with Gasteiger partial charge in [0, 0.05) is 13.1 Å². The maximum absolute atomic E-state index is 12.0. The van der Waals surface area contributed by atoms with Crippen molar-refractivity contribution in [2.75, 3.05) is 13.1 Å². The number of carboxylic acids is 1. The third-order valence-electron chi connectivity index (χ3n) is 1.63. The van der Waals surface area contributed by atoms with Crippen LogP contribution in [0.4, 0.5) is 26.3 Å². The van der Waals surface area contributed by atoms with Crippen molar-refractivity contribution >= 4 is 5.97 Å². The lowest BCUT2D eigenvalue weighted by Crippen LogP contribution is -2.39. The zero-order valence-electron chi connectivity index (χ0n) is 7.82. The van der Waals surface area contributed by atoms with Gasteiger partial charge in [-0.05, 0) is 0 Å². The van der Waals surface area contributed by atoms with Gasteiger partial charge in [0.1, 0.15) is 0 Å². The van der Waals surface area contributed by atoms with Gasteiger partial charge in [-0.2, -0.15) is 26.3 Å². The molecule has 0 aromatic carbocycles. The Bertz CT molecular complexity index is 236. The molecule has 0 aliphatic rings. The average molecular weight is 253 g/mol. The Kier molecular flexibility index (Phi) is 5.04. The van der Waals surface area contributed by atoms with Gasteiger partial charge in [0.05, 0.1) is 6.42 Å². The molecule has 96 valence electrons. The molecule has 1 unspecified atom stereocenters. The molecular weight excluding hydrogens is 244 g/mol. The van der Waals surface area contributed by atoms with Crippen LogP contribution in [0.2, 0.25) is 0 Å². The predicted octanol–water partition coefficient (Wildman–Crippen LogP) is 1.79. The summed E-state index contributed by atoms with van der Waals surface area (Å²) in [5.41, 5.74) is 0. The molecule has 0 spiro atoms. The fraction of sp³-hybridized carbons (Fsp3) is 0.857. The number of alkyl halides is 6. The number of hydrogen-bond acceptors (Lipinski definition) is 2. The van der Waals surface area contributed by atoms with Crippen LogP contribution in [0.1, 0.15) is 6.42 Å². The van der Waals surface area contributed by atoms with Gasteiger partial charge in [-0.25, -0.2) is 0 Å². The van der Waals surface area contributed by atoms with Crippen molar-refractivity contribution in [1.82, 2.24) is 5.32 Å². The van der Waals surface area contributed by atoms with E-state index in [1.165, 1.54) is 0 Å². The van der Waals surface area contributed by atoms with Gasteiger partial charge >= 0.3 is 18.3 Å². The van der Waals surface area contributed by atoms with Crippen LogP contribution in [0.25, 0.3) is 0 Å². The van der Waals surface area contributed by atoms with E-state index in [1.807, 2.05) is 5.32 Å². The summed E-state index contributed by atoms with van der Waals surface area (Å²) >= 11 is 0. The summed E-state index contributed by atoms with van der Waals surface area (Å²) in [6.07, 6.45) is -10.8. The third kappa shape index (κ3) is 6.49. The number of carbonyl (C=O) groups is 1. The minimum Gasteiger partial charge on any atom is -0.481 e. The largest absolute Gasteiger partial charge is 0.481 e. The quantitative estimate of drug-likeness (QED) is 0.580. The van der Waals surface area contributed by atoms with Crippen molar-refractivity contribution in [3.63, 3.8) is 0 Å². The van der Waals surface area contributed by atoms with Gasteiger partial charge in [0.15, 0.2) is 5.92 Å². The van der Waals surface area contributed by atoms with Gasteiger partial charge in [-0.1, -0.05) is 0 Å². The molecule has 0 rings (SSSR count). The van der Waals surface area contributed by atoms with Crippen LogP contribution in [0.15, 0.2) is 0 Å². The van der Waals surface area contributed by atoms with Gasteiger partial charge in [-0.3, -0.25) is 4.79 Å². The standard InChI is InChI=1S/C7H9F6NO2/c8-6(9,10)1-2-14-3-4(5(15)16)7(11,12)13/h4,14H,1-3H2,(H,15,16). The summed E-state index contributed by atoms with van der Waals surface area (Å²) in [7, 11) is 0. The summed E-state index contributed by atoms with van der Waals surface area (Å²) < 4.78 is 70.7. The van der Waals surface area contributed by atoms with E-state index in [1.54, 1.807) is 0 Å². The van der Waals surface area contributed by atoms with E-state index in [0.29, 0.717) is 0 Å². The molecule has 3 nitrogen and oxygen atoms in total. The molecule has 0 bridgehead atoms. The lowest BCUT2D eigenvalue weighted by Gasteiger charge is -2.16. The molecule has 0 fully saturated rings. The average Bonchev–Trinajstić information content (AvgIpc) is 1.97. The molecule has 0 saturated heterocycles. The summed E-state index contributed by atoms with van der Waals surface area (Å²) in [6.45, 7) is -1.82. The first-order chi connectivity index (χ1) is 7.04. The molecule has 0 saturated carbocycles. The number of carboxylic acid groups (broad SMARTS) is 1. The zero-order valence-corrected chi connectivity index (χ0v) is 7.82. The molecule has 0 aromatic rings. The molecule has 0 aliphatic carbocycles. The number of aliphatic carboxylic acids is 1. The van der Waals surface area contributed by atoms with E-state index >= 15 is 0 Å². The van der Waals surface area contributed by atoms with Crippen molar-refractivity contribution in [2.45, 2.75) is 18.8 Å². The Morgan fingerprint density at radius 3 is 2.00 bits per heavy atom. The number of hydrogen-bond donors (Lipinski definition) is 2. The Morgan fingerprint density at radius 1 is 1.19 bits per heavy atom. The second-order valence-electron chi connectivity index (χ2n) is 3.00. The van der Waals surface area contributed by atoms with Crippen molar-refractivity contribution in [2.24, 2.45) is 5.92 Å². The minimum atomic E-state index is -4.98. The highest BCUT2D eigenvalue weighted by atomic mass is 19.4. The summed E-state index contributed by atoms with van der Waals surface area (Å²) in [6, 6.07) is 0. The molecule has 0 radical (unpaired) electrons. The van der Waals surface area contributed by atoms with E-state index in [0.717, 1.165) is 0 Å². The van der Waals surface area contributed by atoms with Crippen LogP contribution >= 0.6 is 0 Å². The first-order valence-corrected chi connectivity index (χ1v) is 4.11. The second kappa shape index (κ2) is 5.37. The molecule has 0 heterocycles. The van der Waals surface area contributed by atoms with Crippen LogP contribution in [-0.4, -0.2) is 36.5 Å². The monoisotopic (exact) mass is 253 g/mol. The van der Waals surface area contributed by atoms with Crippen molar-refractivity contribution < 1.29 is 36.2 Å². The van der Waals surface area contributed by atoms with E-state index < -0.39 is 43.8 Å². The molecule has 0 aromatic heterocycles. The highest BCUT2D eigenvalue weighted by molar-refractivity contribution is 5.71. The molecule has 2 N–H and O–H groups in total. The Balaban J connectivity index is 4.02. The normalized spacial score (nSPS) is 14.9.